The van der Waals surface area contributed by atoms with Gasteiger partial charge in [0.25, 0.3) is 0 Å². The van der Waals surface area contributed by atoms with Crippen LogP contribution in [-0.4, -0.2) is 38.1 Å². The van der Waals surface area contributed by atoms with Crippen LogP contribution in [0.15, 0.2) is 54.6 Å². The van der Waals surface area contributed by atoms with Crippen LogP contribution < -0.4 is 20.3 Å². The molecular formula is C24H29N3O3. The Morgan fingerprint density at radius 1 is 1.07 bits per heavy atom. The monoisotopic (exact) mass is 407 g/mol. The predicted octanol–water partition coefficient (Wildman–Crippen LogP) is 3.13. The van der Waals surface area contributed by atoms with Gasteiger partial charge in [-0.25, -0.2) is 0 Å². The fourth-order valence-electron chi connectivity index (χ4n) is 3.36. The molecule has 0 radical (unpaired) electrons. The van der Waals surface area contributed by atoms with E-state index in [1.54, 1.807) is 20.1 Å². The number of benzene rings is 2. The summed E-state index contributed by atoms with van der Waals surface area (Å²) in [5.74, 6) is 0.223. The topological polar surface area (TPSA) is 70.7 Å². The van der Waals surface area contributed by atoms with Gasteiger partial charge in [-0.15, -0.1) is 0 Å². The van der Waals surface area contributed by atoms with Gasteiger partial charge in [-0.2, -0.15) is 0 Å². The van der Waals surface area contributed by atoms with Crippen molar-refractivity contribution in [3.63, 3.8) is 0 Å². The van der Waals surface area contributed by atoms with E-state index in [9.17, 15) is 9.59 Å². The van der Waals surface area contributed by atoms with E-state index in [1.807, 2.05) is 36.4 Å². The highest BCUT2D eigenvalue weighted by atomic mass is 16.5. The third-order valence-corrected chi connectivity index (χ3v) is 5.17. The summed E-state index contributed by atoms with van der Waals surface area (Å²) in [6.07, 6.45) is 5.61. The Balaban J connectivity index is 1.43. The smallest absolute Gasteiger partial charge is 0.244 e. The van der Waals surface area contributed by atoms with Crippen LogP contribution in [0.5, 0.6) is 5.75 Å². The number of hydrogen-bond acceptors (Lipinski definition) is 4. The molecule has 0 aromatic heterocycles. The van der Waals surface area contributed by atoms with Gasteiger partial charge in [-0.1, -0.05) is 24.3 Å². The van der Waals surface area contributed by atoms with Gasteiger partial charge in [0.2, 0.25) is 11.8 Å². The van der Waals surface area contributed by atoms with E-state index in [1.165, 1.54) is 24.6 Å². The zero-order valence-electron chi connectivity index (χ0n) is 17.6. The molecule has 158 valence electrons. The van der Waals surface area contributed by atoms with Crippen molar-refractivity contribution >= 4 is 23.6 Å². The van der Waals surface area contributed by atoms with Gasteiger partial charge in [-0.05, 0) is 61.2 Å². The number of nitrogens with one attached hydrogen (secondary N) is 2. The molecule has 2 aromatic rings. The number of carbonyl (C=O) groups is 2. The second-order valence-corrected chi connectivity index (χ2v) is 7.42. The van der Waals surface area contributed by atoms with Crippen molar-refractivity contribution in [1.29, 1.82) is 0 Å². The quantitative estimate of drug-likeness (QED) is 0.660. The summed E-state index contributed by atoms with van der Waals surface area (Å²) >= 11 is 0. The van der Waals surface area contributed by atoms with Crippen molar-refractivity contribution in [2.24, 2.45) is 0 Å². The highest BCUT2D eigenvalue weighted by molar-refractivity contribution is 5.95. The van der Waals surface area contributed by atoms with Crippen LogP contribution in [0.25, 0.3) is 6.08 Å². The maximum Gasteiger partial charge on any atom is 0.244 e. The maximum absolute atomic E-state index is 12.3. The van der Waals surface area contributed by atoms with Crippen LogP contribution in [-0.2, 0) is 16.1 Å². The lowest BCUT2D eigenvalue weighted by molar-refractivity contribution is -0.126. The summed E-state index contributed by atoms with van der Waals surface area (Å²) < 4.78 is 5.11. The standard InChI is InChI=1S/C24H29N3O3/c1-18(26-23(28)14-9-19-7-12-22(30-2)13-8-19)24(29)25-17-20-5-10-21(11-6-20)27-15-3-4-16-27/h5-14,18H,3-4,15-17H2,1-2H3,(H,25,29)(H,26,28)/b14-9+. The molecule has 0 bridgehead atoms. The Labute approximate surface area is 177 Å². The van der Waals surface area contributed by atoms with E-state index in [4.69, 9.17) is 4.74 Å². The van der Waals surface area contributed by atoms with E-state index in [0.29, 0.717) is 6.54 Å². The summed E-state index contributed by atoms with van der Waals surface area (Å²) in [7, 11) is 1.61. The van der Waals surface area contributed by atoms with E-state index in [-0.39, 0.29) is 11.8 Å². The number of ether oxygens (including phenoxy) is 1. The summed E-state index contributed by atoms with van der Waals surface area (Å²) in [5, 5.41) is 5.56. The van der Waals surface area contributed by atoms with Gasteiger partial charge in [-0.3, -0.25) is 9.59 Å². The average Bonchev–Trinajstić information content (AvgIpc) is 3.31. The molecule has 0 spiro atoms. The first-order valence-electron chi connectivity index (χ1n) is 10.3. The largest absolute Gasteiger partial charge is 0.497 e. The zero-order chi connectivity index (χ0) is 21.3. The van der Waals surface area contributed by atoms with Crippen molar-refractivity contribution < 1.29 is 14.3 Å². The third-order valence-electron chi connectivity index (χ3n) is 5.17. The molecule has 1 heterocycles. The fraction of sp³-hybridized carbons (Fsp3) is 0.333. The Morgan fingerprint density at radius 3 is 2.37 bits per heavy atom. The van der Waals surface area contributed by atoms with Gasteiger partial charge in [0.1, 0.15) is 11.8 Å². The maximum atomic E-state index is 12.3. The second kappa shape index (κ2) is 10.5. The first-order valence-corrected chi connectivity index (χ1v) is 10.3. The number of nitrogens with zero attached hydrogens (tertiary/aromatic N) is 1. The first-order chi connectivity index (χ1) is 14.5. The van der Waals surface area contributed by atoms with Crippen molar-refractivity contribution in [1.82, 2.24) is 10.6 Å². The van der Waals surface area contributed by atoms with E-state index < -0.39 is 6.04 Å². The molecule has 2 N–H and O–H groups in total. The minimum absolute atomic E-state index is 0.218. The molecule has 30 heavy (non-hydrogen) atoms. The molecule has 1 unspecified atom stereocenters. The van der Waals surface area contributed by atoms with Gasteiger partial charge >= 0.3 is 0 Å². The number of amides is 2. The average molecular weight is 408 g/mol. The molecule has 3 rings (SSSR count). The summed E-state index contributed by atoms with van der Waals surface area (Å²) in [6, 6.07) is 15.0. The number of anilines is 1. The van der Waals surface area contributed by atoms with E-state index in [2.05, 4.69) is 27.7 Å². The molecule has 6 heteroatoms. The molecule has 1 fully saturated rings. The van der Waals surface area contributed by atoms with Crippen molar-refractivity contribution in [2.75, 3.05) is 25.1 Å². The predicted molar refractivity (Wildman–Crippen MR) is 119 cm³/mol. The van der Waals surface area contributed by atoms with Gasteiger partial charge in [0, 0.05) is 31.4 Å². The lowest BCUT2D eigenvalue weighted by atomic mass is 10.2. The van der Waals surface area contributed by atoms with Crippen molar-refractivity contribution in [3.8, 4) is 5.75 Å². The molecular weight excluding hydrogens is 378 g/mol. The second-order valence-electron chi connectivity index (χ2n) is 7.42. The normalized spacial score (nSPS) is 14.5. The Bertz CT molecular complexity index is 870. The number of carbonyl (C=O) groups excluding carboxylic acids is 2. The highest BCUT2D eigenvalue weighted by Gasteiger charge is 2.15. The van der Waals surface area contributed by atoms with Crippen LogP contribution in [0.1, 0.15) is 30.9 Å². The Kier molecular flexibility index (Phi) is 7.49. The van der Waals surface area contributed by atoms with Crippen LogP contribution in [0.4, 0.5) is 5.69 Å². The highest BCUT2D eigenvalue weighted by Crippen LogP contribution is 2.20. The minimum Gasteiger partial charge on any atom is -0.497 e. The Morgan fingerprint density at radius 2 is 1.73 bits per heavy atom. The SMILES string of the molecule is COc1ccc(/C=C/C(=O)NC(C)C(=O)NCc2ccc(N3CCCC3)cc2)cc1. The molecule has 1 aliphatic rings. The molecule has 2 amide bonds. The minimum atomic E-state index is -0.623. The summed E-state index contributed by atoms with van der Waals surface area (Å²) in [6.45, 7) is 4.33. The van der Waals surface area contributed by atoms with Gasteiger partial charge < -0.3 is 20.3 Å². The fourth-order valence-corrected chi connectivity index (χ4v) is 3.36. The Hall–Kier alpha value is -3.28. The molecule has 1 saturated heterocycles. The molecule has 2 aromatic carbocycles. The molecule has 6 nitrogen and oxygen atoms in total. The summed E-state index contributed by atoms with van der Waals surface area (Å²) in [4.78, 5) is 26.8. The lowest BCUT2D eigenvalue weighted by Crippen LogP contribution is -2.44. The number of methoxy groups -OCH3 is 1. The zero-order valence-corrected chi connectivity index (χ0v) is 17.6. The molecule has 0 aliphatic carbocycles. The number of hydrogen-bond donors (Lipinski definition) is 2. The van der Waals surface area contributed by atoms with E-state index in [0.717, 1.165) is 30.0 Å². The van der Waals surface area contributed by atoms with Crippen LogP contribution in [0, 0.1) is 0 Å². The van der Waals surface area contributed by atoms with Crippen LogP contribution in [0.2, 0.25) is 0 Å². The first kappa shape index (κ1) is 21.4. The van der Waals surface area contributed by atoms with Crippen molar-refractivity contribution in [2.45, 2.75) is 32.4 Å². The van der Waals surface area contributed by atoms with Crippen LogP contribution >= 0.6 is 0 Å². The van der Waals surface area contributed by atoms with Crippen LogP contribution in [0.3, 0.4) is 0 Å². The summed E-state index contributed by atoms with van der Waals surface area (Å²) in [5.41, 5.74) is 3.14. The lowest BCUT2D eigenvalue weighted by Gasteiger charge is -2.18. The van der Waals surface area contributed by atoms with Gasteiger partial charge in [0.05, 0.1) is 7.11 Å². The molecule has 1 aliphatic heterocycles. The molecule has 1 atom stereocenters. The van der Waals surface area contributed by atoms with Gasteiger partial charge in [0.15, 0.2) is 0 Å². The van der Waals surface area contributed by atoms with E-state index >= 15 is 0 Å². The van der Waals surface area contributed by atoms with Crippen molar-refractivity contribution in [3.05, 3.63) is 65.7 Å². The molecule has 0 saturated carbocycles. The number of rotatable bonds is 8. The third kappa shape index (κ3) is 6.11.